The molecule has 0 aliphatic carbocycles. The summed E-state index contributed by atoms with van der Waals surface area (Å²) in [4.78, 5) is 26.2. The number of anilines is 1. The lowest BCUT2D eigenvalue weighted by atomic mass is 10.1. The smallest absolute Gasteiger partial charge is 0.333 e. The van der Waals surface area contributed by atoms with Crippen molar-refractivity contribution in [3.8, 4) is 0 Å². The molecule has 0 bridgehead atoms. The number of rotatable bonds is 4. The van der Waals surface area contributed by atoms with Gasteiger partial charge in [-0.2, -0.15) is 0 Å². The van der Waals surface area contributed by atoms with Crippen LogP contribution in [0.25, 0.3) is 17.0 Å². The first-order valence-corrected chi connectivity index (χ1v) is 8.30. The first-order valence-electron chi connectivity index (χ1n) is 8.30. The molecular weight excluding hydrogens is 326 g/mol. The molecule has 3 aromatic rings. The Balaban J connectivity index is 1.76. The lowest BCUT2D eigenvalue weighted by Gasteiger charge is -2.10. The first-order chi connectivity index (χ1) is 12.7. The summed E-state index contributed by atoms with van der Waals surface area (Å²) in [5, 5.41) is 3.69. The zero-order chi connectivity index (χ0) is 18.1. The Morgan fingerprint density at radius 1 is 1.00 bits per heavy atom. The second-order valence-electron chi connectivity index (χ2n) is 6.01. The molecule has 0 atom stereocenters. The van der Waals surface area contributed by atoms with Gasteiger partial charge in [-0.25, -0.2) is 9.69 Å². The van der Waals surface area contributed by atoms with Crippen LogP contribution in [0.1, 0.15) is 5.56 Å². The van der Waals surface area contributed by atoms with Gasteiger partial charge in [0.25, 0.3) is 5.91 Å². The Kier molecular flexibility index (Phi) is 3.89. The summed E-state index contributed by atoms with van der Waals surface area (Å²) in [5.74, 6) is -0.359. The van der Waals surface area contributed by atoms with Crippen molar-refractivity contribution < 1.29 is 9.59 Å². The van der Waals surface area contributed by atoms with E-state index in [1.807, 2.05) is 42.6 Å². The fourth-order valence-corrected chi connectivity index (χ4v) is 3.18. The SMILES string of the molecule is C=CCn1cc(/C=C2/NC(=O)N(c3ccccc3)C2=O)c2ccccc21. The third kappa shape index (κ3) is 2.59. The monoisotopic (exact) mass is 343 g/mol. The molecule has 2 aromatic carbocycles. The molecule has 4 rings (SSSR count). The van der Waals surface area contributed by atoms with E-state index >= 15 is 0 Å². The number of allylic oxidation sites excluding steroid dienone is 1. The summed E-state index contributed by atoms with van der Waals surface area (Å²) in [6.07, 6.45) is 5.51. The van der Waals surface area contributed by atoms with Crippen LogP contribution in [0, 0.1) is 0 Å². The van der Waals surface area contributed by atoms with Gasteiger partial charge in [0, 0.05) is 29.2 Å². The lowest BCUT2D eigenvalue weighted by molar-refractivity contribution is -0.113. The van der Waals surface area contributed by atoms with Crippen molar-refractivity contribution in [1.29, 1.82) is 0 Å². The number of nitrogens with one attached hydrogen (secondary N) is 1. The number of benzene rings is 2. The van der Waals surface area contributed by atoms with E-state index in [1.165, 1.54) is 0 Å². The van der Waals surface area contributed by atoms with Crippen LogP contribution in [0.2, 0.25) is 0 Å². The molecule has 0 saturated carbocycles. The van der Waals surface area contributed by atoms with Crippen molar-refractivity contribution in [3.05, 3.63) is 84.7 Å². The number of carbonyl (C=O) groups is 2. The zero-order valence-electron chi connectivity index (χ0n) is 14.1. The third-order valence-corrected chi connectivity index (χ3v) is 4.34. The molecule has 0 spiro atoms. The van der Waals surface area contributed by atoms with E-state index in [1.54, 1.807) is 30.3 Å². The van der Waals surface area contributed by atoms with Crippen molar-refractivity contribution in [2.75, 3.05) is 4.90 Å². The van der Waals surface area contributed by atoms with Crippen LogP contribution in [0.15, 0.2) is 79.1 Å². The molecule has 0 radical (unpaired) electrons. The maximum atomic E-state index is 12.7. The Bertz CT molecular complexity index is 1050. The summed E-state index contributed by atoms with van der Waals surface area (Å²) in [5.41, 5.74) is 2.74. The molecule has 1 N–H and O–H groups in total. The standard InChI is InChI=1S/C21H17N3O2/c1-2-12-23-14-15(17-10-6-7-11-19(17)23)13-18-20(25)24(21(26)22-18)16-8-4-3-5-9-16/h2-11,13-14H,1,12H2,(H,22,26)/b18-13+. The molecule has 5 heteroatoms. The highest BCUT2D eigenvalue weighted by molar-refractivity contribution is 6.28. The summed E-state index contributed by atoms with van der Waals surface area (Å²) in [6.45, 7) is 4.45. The van der Waals surface area contributed by atoms with Crippen LogP contribution in [-0.2, 0) is 11.3 Å². The van der Waals surface area contributed by atoms with E-state index in [4.69, 9.17) is 0 Å². The van der Waals surface area contributed by atoms with E-state index in [2.05, 4.69) is 16.5 Å². The van der Waals surface area contributed by atoms with Crippen molar-refractivity contribution in [2.24, 2.45) is 0 Å². The number of hydrogen-bond donors (Lipinski definition) is 1. The Morgan fingerprint density at radius 2 is 1.73 bits per heavy atom. The number of amides is 3. The van der Waals surface area contributed by atoms with Crippen LogP contribution in [0.5, 0.6) is 0 Å². The van der Waals surface area contributed by atoms with Crippen molar-refractivity contribution >= 4 is 34.6 Å². The van der Waals surface area contributed by atoms with Crippen LogP contribution in [0.4, 0.5) is 10.5 Å². The molecule has 1 fully saturated rings. The van der Waals surface area contributed by atoms with Crippen LogP contribution in [0.3, 0.4) is 0 Å². The highest BCUT2D eigenvalue weighted by atomic mass is 16.2. The molecule has 0 unspecified atom stereocenters. The normalized spacial score (nSPS) is 15.7. The molecule has 1 aromatic heterocycles. The summed E-state index contributed by atoms with van der Waals surface area (Å²) < 4.78 is 2.06. The molecule has 26 heavy (non-hydrogen) atoms. The molecule has 2 heterocycles. The molecule has 1 aliphatic rings. The average Bonchev–Trinajstić information content (AvgIpc) is 3.14. The third-order valence-electron chi connectivity index (χ3n) is 4.34. The fourth-order valence-electron chi connectivity index (χ4n) is 3.18. The number of nitrogens with zero attached hydrogens (tertiary/aromatic N) is 2. The van der Waals surface area contributed by atoms with Gasteiger partial charge in [0.1, 0.15) is 5.70 Å². The average molecular weight is 343 g/mol. The van der Waals surface area contributed by atoms with Crippen LogP contribution < -0.4 is 10.2 Å². The summed E-state index contributed by atoms with van der Waals surface area (Å²) in [6, 6.07) is 16.4. The lowest BCUT2D eigenvalue weighted by Crippen LogP contribution is -2.30. The van der Waals surface area contributed by atoms with Gasteiger partial charge < -0.3 is 9.88 Å². The predicted octanol–water partition coefficient (Wildman–Crippen LogP) is 3.92. The number of hydrogen-bond acceptors (Lipinski definition) is 2. The van der Waals surface area contributed by atoms with Crippen molar-refractivity contribution in [1.82, 2.24) is 9.88 Å². The minimum Gasteiger partial charge on any atom is -0.343 e. The Labute approximate surface area is 150 Å². The molecular formula is C21H17N3O2. The molecule has 128 valence electrons. The summed E-state index contributed by atoms with van der Waals surface area (Å²) in [7, 11) is 0. The Morgan fingerprint density at radius 3 is 2.50 bits per heavy atom. The largest absolute Gasteiger partial charge is 0.343 e. The van der Waals surface area contributed by atoms with Gasteiger partial charge >= 0.3 is 6.03 Å². The van der Waals surface area contributed by atoms with Gasteiger partial charge in [0.15, 0.2) is 0 Å². The quantitative estimate of drug-likeness (QED) is 0.443. The highest BCUT2D eigenvalue weighted by Gasteiger charge is 2.34. The Hall–Kier alpha value is -3.60. The van der Waals surface area contributed by atoms with Gasteiger partial charge in [0.05, 0.1) is 5.69 Å². The second kappa shape index (κ2) is 6.37. The minimum absolute atomic E-state index is 0.264. The van der Waals surface area contributed by atoms with Gasteiger partial charge in [-0.15, -0.1) is 6.58 Å². The fraction of sp³-hybridized carbons (Fsp3) is 0.0476. The van der Waals surface area contributed by atoms with E-state index < -0.39 is 6.03 Å². The molecule has 5 nitrogen and oxygen atoms in total. The molecule has 1 aliphatic heterocycles. The van der Waals surface area contributed by atoms with Crippen molar-refractivity contribution in [2.45, 2.75) is 6.54 Å². The predicted molar refractivity (Wildman–Crippen MR) is 103 cm³/mol. The van der Waals surface area contributed by atoms with E-state index in [-0.39, 0.29) is 11.6 Å². The molecule has 1 saturated heterocycles. The van der Waals surface area contributed by atoms with Gasteiger partial charge in [-0.3, -0.25) is 4.79 Å². The van der Waals surface area contributed by atoms with E-state index in [0.29, 0.717) is 12.2 Å². The van der Waals surface area contributed by atoms with E-state index in [9.17, 15) is 9.59 Å². The van der Waals surface area contributed by atoms with Gasteiger partial charge in [-0.05, 0) is 24.3 Å². The molecule has 3 amide bonds. The second-order valence-corrected chi connectivity index (χ2v) is 6.01. The number of para-hydroxylation sites is 2. The number of carbonyl (C=O) groups excluding carboxylic acids is 2. The number of imide groups is 1. The number of aromatic nitrogens is 1. The highest BCUT2D eigenvalue weighted by Crippen LogP contribution is 2.26. The van der Waals surface area contributed by atoms with Crippen molar-refractivity contribution in [3.63, 3.8) is 0 Å². The first kappa shape index (κ1) is 15.9. The summed E-state index contributed by atoms with van der Waals surface area (Å²) >= 11 is 0. The maximum absolute atomic E-state index is 12.7. The maximum Gasteiger partial charge on any atom is 0.333 e. The van der Waals surface area contributed by atoms with Gasteiger partial charge in [-0.1, -0.05) is 42.5 Å². The van der Waals surface area contributed by atoms with Crippen LogP contribution >= 0.6 is 0 Å². The topological polar surface area (TPSA) is 54.3 Å². The zero-order valence-corrected chi connectivity index (χ0v) is 14.1. The van der Waals surface area contributed by atoms with Gasteiger partial charge in [0.2, 0.25) is 0 Å². The van der Waals surface area contributed by atoms with E-state index in [0.717, 1.165) is 21.4 Å². The van der Waals surface area contributed by atoms with Crippen LogP contribution in [-0.4, -0.2) is 16.5 Å². The number of urea groups is 1. The minimum atomic E-state index is -0.442. The number of fused-ring (bicyclic) bond motifs is 1.